The van der Waals surface area contributed by atoms with Crippen LogP contribution < -0.4 is 0 Å². The fraction of sp³-hybridized carbons (Fsp3) is 0.208. The second-order valence-corrected chi connectivity index (χ2v) is 8.25. The molecular formula is C24H22N4O2S. The fourth-order valence-electron chi connectivity index (χ4n) is 3.86. The third-order valence-electron chi connectivity index (χ3n) is 5.31. The van der Waals surface area contributed by atoms with E-state index in [4.69, 9.17) is 14.7 Å². The van der Waals surface area contributed by atoms with E-state index in [2.05, 4.69) is 54.1 Å². The first kappa shape index (κ1) is 19.6. The number of fused-ring (bicyclic) bond motifs is 3. The molecule has 7 heteroatoms. The van der Waals surface area contributed by atoms with Gasteiger partial charge in [-0.1, -0.05) is 48.0 Å². The molecule has 0 unspecified atom stereocenters. The first-order valence-electron chi connectivity index (χ1n) is 10.3. The van der Waals surface area contributed by atoms with Gasteiger partial charge in [0.1, 0.15) is 5.84 Å². The van der Waals surface area contributed by atoms with E-state index >= 15 is 0 Å². The van der Waals surface area contributed by atoms with E-state index in [1.54, 1.807) is 6.92 Å². The van der Waals surface area contributed by atoms with Gasteiger partial charge in [0.25, 0.3) is 0 Å². The summed E-state index contributed by atoms with van der Waals surface area (Å²) in [5.41, 5.74) is 5.39. The molecule has 31 heavy (non-hydrogen) atoms. The second-order valence-electron chi connectivity index (χ2n) is 7.35. The second kappa shape index (κ2) is 8.07. The summed E-state index contributed by atoms with van der Waals surface area (Å²) in [5.74, 6) is 1.65. The molecule has 0 amide bonds. The number of ether oxygens (including phenoxy) is 1. The third-order valence-corrected chi connectivity index (χ3v) is 6.09. The monoisotopic (exact) mass is 430 g/mol. The summed E-state index contributed by atoms with van der Waals surface area (Å²) in [6.45, 7) is 5.58. The molecule has 0 radical (unpaired) electrons. The SMILES string of the molecule is CCOC(=O)SC1=Nc2c(c(-c3ccccc3)cn2-c2ccc(C)cc2)C2=NCCN12. The number of rotatable bonds is 3. The van der Waals surface area contributed by atoms with E-state index in [1.165, 1.54) is 5.56 Å². The minimum Gasteiger partial charge on any atom is -0.458 e. The maximum Gasteiger partial charge on any atom is 0.375 e. The van der Waals surface area contributed by atoms with Crippen LogP contribution in [0, 0.1) is 6.92 Å². The van der Waals surface area contributed by atoms with Crippen LogP contribution in [0.5, 0.6) is 0 Å². The molecule has 2 aliphatic rings. The number of amidine groups is 2. The number of carbonyl (C=O) groups excluding carboxylic acids is 1. The van der Waals surface area contributed by atoms with Crippen LogP contribution in [0.15, 0.2) is 70.8 Å². The van der Waals surface area contributed by atoms with Crippen LogP contribution in [0.3, 0.4) is 0 Å². The average molecular weight is 431 g/mol. The van der Waals surface area contributed by atoms with Crippen molar-refractivity contribution in [3.05, 3.63) is 71.9 Å². The summed E-state index contributed by atoms with van der Waals surface area (Å²) in [5, 5.41) is 0.251. The lowest BCUT2D eigenvalue weighted by Gasteiger charge is -2.26. The van der Waals surface area contributed by atoms with E-state index in [0.29, 0.717) is 24.9 Å². The highest BCUT2D eigenvalue weighted by Crippen LogP contribution is 2.41. The molecule has 2 aromatic carbocycles. The number of nitrogens with zero attached hydrogens (tertiary/aromatic N) is 4. The van der Waals surface area contributed by atoms with Gasteiger partial charge < -0.3 is 14.2 Å². The van der Waals surface area contributed by atoms with E-state index in [1.807, 2.05) is 23.1 Å². The van der Waals surface area contributed by atoms with Crippen LogP contribution in [0.2, 0.25) is 0 Å². The zero-order valence-electron chi connectivity index (χ0n) is 17.4. The lowest BCUT2D eigenvalue weighted by molar-refractivity contribution is 0.181. The molecule has 3 heterocycles. The Kier molecular flexibility index (Phi) is 5.11. The maximum absolute atomic E-state index is 12.2. The number of hydrogen-bond acceptors (Lipinski definition) is 6. The standard InChI is InChI=1S/C24H22N4O2S/c1-3-30-24(29)31-23-26-22-20(21-25-13-14-27(21)23)19(17-7-5-4-6-8-17)15-28(22)18-11-9-16(2)10-12-18/h4-12,15H,3,13-14H2,1-2H3. The Morgan fingerprint density at radius 2 is 1.90 bits per heavy atom. The number of benzene rings is 2. The molecule has 2 aliphatic heterocycles. The van der Waals surface area contributed by atoms with Gasteiger partial charge in [-0.2, -0.15) is 0 Å². The smallest absolute Gasteiger partial charge is 0.375 e. The van der Waals surface area contributed by atoms with Crippen molar-refractivity contribution >= 4 is 33.9 Å². The molecule has 5 rings (SSSR count). The lowest BCUT2D eigenvalue weighted by Crippen LogP contribution is -2.36. The van der Waals surface area contributed by atoms with Crippen LogP contribution in [0.1, 0.15) is 18.1 Å². The molecule has 0 saturated carbocycles. The molecule has 6 nitrogen and oxygen atoms in total. The Morgan fingerprint density at radius 1 is 1.13 bits per heavy atom. The predicted octanol–water partition coefficient (Wildman–Crippen LogP) is 5.41. The molecule has 0 aliphatic carbocycles. The first-order valence-corrected chi connectivity index (χ1v) is 11.1. The normalized spacial score (nSPS) is 14.6. The molecule has 0 bridgehead atoms. The van der Waals surface area contributed by atoms with Gasteiger partial charge in [-0.15, -0.1) is 0 Å². The van der Waals surface area contributed by atoms with Gasteiger partial charge in [-0.05, 0) is 31.5 Å². The maximum atomic E-state index is 12.2. The number of thioether (sulfide) groups is 1. The summed E-state index contributed by atoms with van der Waals surface area (Å²) in [4.78, 5) is 24.0. The highest BCUT2D eigenvalue weighted by molar-refractivity contribution is 8.26. The molecule has 1 aromatic heterocycles. The van der Waals surface area contributed by atoms with Gasteiger partial charge in [0.15, 0.2) is 11.0 Å². The lowest BCUT2D eigenvalue weighted by atomic mass is 10.0. The van der Waals surface area contributed by atoms with E-state index in [9.17, 15) is 4.79 Å². The summed E-state index contributed by atoms with van der Waals surface area (Å²) in [6.07, 6.45) is 2.12. The minimum absolute atomic E-state index is 0.337. The number of carbonyl (C=O) groups is 1. The zero-order valence-corrected chi connectivity index (χ0v) is 18.2. The zero-order chi connectivity index (χ0) is 21.4. The largest absolute Gasteiger partial charge is 0.458 e. The summed E-state index contributed by atoms with van der Waals surface area (Å²) >= 11 is 1.02. The molecule has 0 saturated heterocycles. The number of aryl methyl sites for hydroxylation is 1. The van der Waals surface area contributed by atoms with Gasteiger partial charge in [0, 0.05) is 35.8 Å². The molecule has 0 fully saturated rings. The highest BCUT2D eigenvalue weighted by atomic mass is 32.2. The van der Waals surface area contributed by atoms with Crippen molar-refractivity contribution in [1.82, 2.24) is 9.47 Å². The molecule has 0 spiro atoms. The van der Waals surface area contributed by atoms with Crippen molar-refractivity contribution in [2.45, 2.75) is 13.8 Å². The topological polar surface area (TPSA) is 59.2 Å². The minimum atomic E-state index is -0.354. The van der Waals surface area contributed by atoms with Gasteiger partial charge in [-0.25, -0.2) is 9.79 Å². The van der Waals surface area contributed by atoms with Crippen LogP contribution in [-0.2, 0) is 4.74 Å². The van der Waals surface area contributed by atoms with E-state index in [0.717, 1.165) is 45.8 Å². The summed E-state index contributed by atoms with van der Waals surface area (Å²) < 4.78 is 7.24. The number of hydrogen-bond donors (Lipinski definition) is 0. The van der Waals surface area contributed by atoms with Crippen molar-refractivity contribution in [3.63, 3.8) is 0 Å². The van der Waals surface area contributed by atoms with Crippen molar-refractivity contribution < 1.29 is 9.53 Å². The van der Waals surface area contributed by atoms with Crippen LogP contribution in [-0.4, -0.2) is 45.5 Å². The quantitative estimate of drug-likeness (QED) is 0.522. The van der Waals surface area contributed by atoms with E-state index in [-0.39, 0.29) is 5.30 Å². The molecule has 156 valence electrons. The Labute approximate surface area is 185 Å². The van der Waals surface area contributed by atoms with Crippen molar-refractivity contribution in [3.8, 4) is 16.8 Å². The molecule has 0 N–H and O–H groups in total. The molecule has 3 aromatic rings. The van der Waals surface area contributed by atoms with Gasteiger partial charge in [0.05, 0.1) is 18.7 Å². The van der Waals surface area contributed by atoms with Gasteiger partial charge >= 0.3 is 5.30 Å². The Balaban J connectivity index is 1.72. The fourth-order valence-corrected chi connectivity index (χ4v) is 4.61. The van der Waals surface area contributed by atoms with Crippen molar-refractivity contribution in [1.29, 1.82) is 0 Å². The van der Waals surface area contributed by atoms with Crippen molar-refractivity contribution in [2.24, 2.45) is 9.98 Å². The Morgan fingerprint density at radius 3 is 2.65 bits per heavy atom. The first-order chi connectivity index (χ1) is 15.2. The molecular weight excluding hydrogens is 408 g/mol. The Bertz CT molecular complexity index is 1200. The van der Waals surface area contributed by atoms with Gasteiger partial charge in [-0.3, -0.25) is 4.99 Å². The van der Waals surface area contributed by atoms with Crippen LogP contribution >= 0.6 is 11.8 Å². The van der Waals surface area contributed by atoms with Crippen LogP contribution in [0.4, 0.5) is 10.6 Å². The number of aromatic nitrogens is 1. The average Bonchev–Trinajstić information content (AvgIpc) is 3.40. The summed E-state index contributed by atoms with van der Waals surface area (Å²) in [6, 6.07) is 18.6. The third kappa shape index (κ3) is 3.55. The highest BCUT2D eigenvalue weighted by Gasteiger charge is 2.36. The van der Waals surface area contributed by atoms with Gasteiger partial charge in [0.2, 0.25) is 0 Å². The summed E-state index contributed by atoms with van der Waals surface area (Å²) in [7, 11) is 0. The predicted molar refractivity (Wildman–Crippen MR) is 126 cm³/mol. The van der Waals surface area contributed by atoms with Crippen molar-refractivity contribution in [2.75, 3.05) is 19.7 Å². The molecule has 0 atom stereocenters. The number of aliphatic imine (C=N–C) groups is 2. The van der Waals surface area contributed by atoms with Crippen LogP contribution in [0.25, 0.3) is 16.8 Å². The van der Waals surface area contributed by atoms with E-state index < -0.39 is 0 Å². The Hall–Kier alpha value is -3.32.